The van der Waals surface area contributed by atoms with Gasteiger partial charge in [-0.25, -0.2) is 9.78 Å². The molecule has 1 saturated heterocycles. The molecule has 36 heavy (non-hydrogen) atoms. The summed E-state index contributed by atoms with van der Waals surface area (Å²) in [5, 5.41) is 24.2. The molecule has 1 aliphatic rings. The van der Waals surface area contributed by atoms with Crippen LogP contribution in [-0.2, 0) is 32.0 Å². The smallest absolute Gasteiger partial charge is 0.326 e. The second-order valence-corrected chi connectivity index (χ2v) is 8.96. The third-order valence-electron chi connectivity index (χ3n) is 5.96. The highest BCUT2D eigenvalue weighted by atomic mass is 32.1. The van der Waals surface area contributed by atoms with Crippen molar-refractivity contribution in [3.8, 4) is 5.75 Å². The van der Waals surface area contributed by atoms with Crippen LogP contribution in [0.4, 0.5) is 0 Å². The van der Waals surface area contributed by atoms with Crippen LogP contribution in [0.2, 0.25) is 0 Å². The topological polar surface area (TPSA) is 191 Å². The number of nitrogens with zero attached hydrogens (tertiary/aromatic N) is 2. The van der Waals surface area contributed by atoms with Crippen molar-refractivity contribution in [3.05, 3.63) is 48.0 Å². The van der Waals surface area contributed by atoms with Gasteiger partial charge in [-0.15, -0.1) is 0 Å². The Labute approximate surface area is 213 Å². The van der Waals surface area contributed by atoms with E-state index in [1.165, 1.54) is 29.6 Å². The maximum atomic E-state index is 13.5. The molecule has 1 fully saturated rings. The monoisotopic (exact) mass is 518 g/mol. The highest BCUT2D eigenvalue weighted by Gasteiger charge is 2.39. The van der Waals surface area contributed by atoms with Gasteiger partial charge in [0, 0.05) is 37.0 Å². The zero-order valence-electron chi connectivity index (χ0n) is 19.5. The van der Waals surface area contributed by atoms with Gasteiger partial charge in [0.15, 0.2) is 0 Å². The Morgan fingerprint density at radius 1 is 1.17 bits per heavy atom. The van der Waals surface area contributed by atoms with Gasteiger partial charge < -0.3 is 36.5 Å². The van der Waals surface area contributed by atoms with Crippen LogP contribution in [0.5, 0.6) is 5.75 Å². The van der Waals surface area contributed by atoms with Crippen LogP contribution in [0.15, 0.2) is 36.8 Å². The minimum absolute atomic E-state index is 0.00213. The third kappa shape index (κ3) is 6.98. The molecular weight excluding hydrogens is 488 g/mol. The van der Waals surface area contributed by atoms with Crippen LogP contribution in [0.1, 0.15) is 24.1 Å². The van der Waals surface area contributed by atoms with Crippen molar-refractivity contribution in [2.24, 2.45) is 5.73 Å². The summed E-state index contributed by atoms with van der Waals surface area (Å²) < 4.78 is 0. The number of rotatable bonds is 11. The average Bonchev–Trinajstić information content (AvgIpc) is 3.55. The van der Waals surface area contributed by atoms with E-state index in [1.54, 1.807) is 12.1 Å². The first-order chi connectivity index (χ1) is 17.2. The number of carbonyl (C=O) groups excluding carboxylic acids is 3. The molecule has 2 heterocycles. The van der Waals surface area contributed by atoms with Crippen molar-refractivity contribution in [1.29, 1.82) is 0 Å². The van der Waals surface area contributed by atoms with Gasteiger partial charge in [-0.3, -0.25) is 14.4 Å². The van der Waals surface area contributed by atoms with Crippen molar-refractivity contribution < 1.29 is 29.4 Å². The number of likely N-dealkylation sites (tertiary alicyclic amines) is 1. The Hall–Kier alpha value is -3.58. The molecule has 194 valence electrons. The fraction of sp³-hybridized carbons (Fsp3) is 0.435. The number of carboxylic acids is 1. The van der Waals surface area contributed by atoms with Gasteiger partial charge in [-0.2, -0.15) is 12.6 Å². The number of nitrogens with two attached hydrogens (primary N) is 1. The molecule has 3 amide bonds. The van der Waals surface area contributed by atoms with E-state index in [1.807, 2.05) is 0 Å². The SMILES string of the molecule is NC(CS)C(=O)NC(Cc1cnc[nH]1)C(=O)N1CCCC1C(=O)NC(Cc1ccc(O)cc1)C(=O)O. The maximum absolute atomic E-state index is 13.5. The summed E-state index contributed by atoms with van der Waals surface area (Å²) in [5.74, 6) is -2.72. The fourth-order valence-electron chi connectivity index (χ4n) is 4.02. The van der Waals surface area contributed by atoms with E-state index in [0.717, 1.165) is 0 Å². The number of carboxylic acid groups (broad SMARTS) is 1. The lowest BCUT2D eigenvalue weighted by molar-refractivity contribution is -0.144. The molecule has 1 aromatic heterocycles. The lowest BCUT2D eigenvalue weighted by atomic mass is 10.0. The number of amides is 3. The predicted octanol–water partition coefficient (Wildman–Crippen LogP) is -0.797. The Balaban J connectivity index is 1.73. The number of aliphatic carboxylic acids is 1. The maximum Gasteiger partial charge on any atom is 0.326 e. The molecule has 4 unspecified atom stereocenters. The van der Waals surface area contributed by atoms with Crippen molar-refractivity contribution in [2.45, 2.75) is 49.9 Å². The summed E-state index contributed by atoms with van der Waals surface area (Å²) in [6, 6.07) is 1.96. The van der Waals surface area contributed by atoms with E-state index in [4.69, 9.17) is 5.73 Å². The summed E-state index contributed by atoms with van der Waals surface area (Å²) >= 11 is 4.02. The first-order valence-corrected chi connectivity index (χ1v) is 12.1. The molecule has 1 aliphatic heterocycles. The predicted molar refractivity (Wildman–Crippen MR) is 132 cm³/mol. The molecular formula is C23H30N6O6S. The van der Waals surface area contributed by atoms with E-state index < -0.39 is 47.9 Å². The van der Waals surface area contributed by atoms with Crippen molar-refractivity contribution in [1.82, 2.24) is 25.5 Å². The summed E-state index contributed by atoms with van der Waals surface area (Å²) in [7, 11) is 0. The van der Waals surface area contributed by atoms with Gasteiger partial charge in [0.25, 0.3) is 0 Å². The quantitative estimate of drug-likeness (QED) is 0.188. The summed E-state index contributed by atoms with van der Waals surface area (Å²) in [6.45, 7) is 0.278. The van der Waals surface area contributed by atoms with Crippen LogP contribution in [0, 0.1) is 0 Å². The zero-order valence-corrected chi connectivity index (χ0v) is 20.4. The number of benzene rings is 1. The van der Waals surface area contributed by atoms with Gasteiger partial charge in [0.2, 0.25) is 17.7 Å². The molecule has 0 spiro atoms. The van der Waals surface area contributed by atoms with Crippen LogP contribution in [0.25, 0.3) is 0 Å². The molecule has 12 nitrogen and oxygen atoms in total. The molecule has 0 aliphatic carbocycles. The molecule has 4 atom stereocenters. The van der Waals surface area contributed by atoms with Crippen LogP contribution >= 0.6 is 12.6 Å². The highest BCUT2D eigenvalue weighted by molar-refractivity contribution is 7.80. The highest BCUT2D eigenvalue weighted by Crippen LogP contribution is 2.20. The Kier molecular flexibility index (Phi) is 9.31. The number of aromatic amines is 1. The first kappa shape index (κ1) is 27.0. The van der Waals surface area contributed by atoms with Gasteiger partial charge in [0.05, 0.1) is 12.4 Å². The summed E-state index contributed by atoms with van der Waals surface area (Å²) in [6.07, 6.45) is 3.98. The molecule has 3 rings (SSSR count). The molecule has 7 N–H and O–H groups in total. The Bertz CT molecular complexity index is 1060. The number of aromatic nitrogens is 2. The molecule has 0 saturated carbocycles. The van der Waals surface area contributed by atoms with E-state index in [9.17, 15) is 29.4 Å². The normalized spacial score (nSPS) is 17.7. The minimum atomic E-state index is -1.23. The number of phenols is 1. The van der Waals surface area contributed by atoms with Crippen molar-refractivity contribution >= 4 is 36.3 Å². The standard InChI is InChI=1S/C23H30N6O6S/c24-16(11-36)20(31)27-17(9-14-10-25-12-26-14)22(33)29-7-1-2-19(29)21(32)28-18(23(34)35)8-13-3-5-15(30)6-4-13/h3-6,10,12,16-19,30,36H,1-2,7-9,11,24H2,(H,25,26)(H,27,31)(H,28,32)(H,34,35). The summed E-state index contributed by atoms with van der Waals surface area (Å²) in [4.78, 5) is 59.0. The number of carbonyl (C=O) groups is 4. The van der Waals surface area contributed by atoms with E-state index in [2.05, 4.69) is 33.2 Å². The molecule has 0 radical (unpaired) electrons. The number of aromatic hydroxyl groups is 1. The lowest BCUT2D eigenvalue weighted by Crippen LogP contribution is -2.57. The van der Waals surface area contributed by atoms with E-state index in [-0.39, 0.29) is 30.9 Å². The Morgan fingerprint density at radius 2 is 1.89 bits per heavy atom. The zero-order chi connectivity index (χ0) is 26.2. The number of hydrogen-bond acceptors (Lipinski definition) is 8. The molecule has 13 heteroatoms. The van der Waals surface area contributed by atoms with Gasteiger partial charge in [-0.05, 0) is 30.5 Å². The van der Waals surface area contributed by atoms with Crippen molar-refractivity contribution in [3.63, 3.8) is 0 Å². The van der Waals surface area contributed by atoms with Crippen LogP contribution < -0.4 is 16.4 Å². The first-order valence-electron chi connectivity index (χ1n) is 11.4. The second-order valence-electron chi connectivity index (χ2n) is 8.59. The molecule has 0 bridgehead atoms. The average molecular weight is 519 g/mol. The third-order valence-corrected chi connectivity index (χ3v) is 6.35. The summed E-state index contributed by atoms with van der Waals surface area (Å²) in [5.41, 5.74) is 6.97. The molecule has 2 aromatic rings. The lowest BCUT2D eigenvalue weighted by Gasteiger charge is -2.29. The van der Waals surface area contributed by atoms with Gasteiger partial charge in [-0.1, -0.05) is 12.1 Å². The van der Waals surface area contributed by atoms with Gasteiger partial charge >= 0.3 is 5.97 Å². The number of imidazole rings is 1. The number of phenolic OH excluding ortho intramolecular Hbond substituents is 1. The van der Waals surface area contributed by atoms with Crippen LogP contribution in [0.3, 0.4) is 0 Å². The Morgan fingerprint density at radius 3 is 2.50 bits per heavy atom. The van der Waals surface area contributed by atoms with E-state index in [0.29, 0.717) is 24.1 Å². The second kappa shape index (κ2) is 12.4. The van der Waals surface area contributed by atoms with Crippen LogP contribution in [-0.4, -0.2) is 85.2 Å². The van der Waals surface area contributed by atoms with Gasteiger partial charge in [0.1, 0.15) is 23.9 Å². The minimum Gasteiger partial charge on any atom is -0.508 e. The van der Waals surface area contributed by atoms with E-state index >= 15 is 0 Å². The molecule has 1 aromatic carbocycles. The number of nitrogens with one attached hydrogen (secondary N) is 3. The van der Waals surface area contributed by atoms with Crippen molar-refractivity contribution in [2.75, 3.05) is 12.3 Å². The largest absolute Gasteiger partial charge is 0.508 e. The number of hydrogen-bond donors (Lipinski definition) is 7. The number of thiol groups is 1. The fourth-order valence-corrected chi connectivity index (χ4v) is 4.18. The number of H-pyrrole nitrogens is 1.